The van der Waals surface area contributed by atoms with E-state index in [-0.39, 0.29) is 21.8 Å². The number of thioether (sulfide) groups is 1. The second-order valence-corrected chi connectivity index (χ2v) is 7.54. The Kier molecular flexibility index (Phi) is 4.05. The van der Waals surface area contributed by atoms with Gasteiger partial charge >= 0.3 is 5.97 Å². The summed E-state index contributed by atoms with van der Waals surface area (Å²) in [4.78, 5) is 52.2. The number of carboxylic acids is 1. The molecule has 2 aliphatic heterocycles. The number of anilines is 1. The first kappa shape index (κ1) is 16.5. The maximum Gasteiger partial charge on any atom is 0.352 e. The lowest BCUT2D eigenvalue weighted by Crippen LogP contribution is -2.71. The van der Waals surface area contributed by atoms with Gasteiger partial charge in [-0.05, 0) is 13.0 Å². The van der Waals surface area contributed by atoms with E-state index in [9.17, 15) is 24.3 Å². The Bertz CT molecular complexity index is 789. The van der Waals surface area contributed by atoms with Crippen molar-refractivity contribution in [3.63, 3.8) is 0 Å². The summed E-state index contributed by atoms with van der Waals surface area (Å²) in [5.74, 6) is -3.64. The standard InChI is InChI=1S/C13H12N4O5S2/c1-4-2-6(12(21)22)17-10(20)7(11(17)24-4)16-9(19)8(18)5-3-23-13(14)15-5/h2-4,7,11H,1H3,(H2,14,15)(H,16,19)(H,21,22)/t4?,7?,11-/m0/s1. The number of nitrogens with one attached hydrogen (secondary N) is 1. The zero-order valence-corrected chi connectivity index (χ0v) is 13.9. The number of hydrogen-bond acceptors (Lipinski definition) is 8. The monoisotopic (exact) mass is 368 g/mol. The van der Waals surface area contributed by atoms with Crippen LogP contribution < -0.4 is 11.1 Å². The molecule has 2 aliphatic rings. The lowest BCUT2D eigenvalue weighted by Gasteiger charge is -2.49. The van der Waals surface area contributed by atoms with Gasteiger partial charge < -0.3 is 16.2 Å². The number of nitrogen functional groups attached to an aromatic ring is 1. The quantitative estimate of drug-likeness (QED) is 0.372. The van der Waals surface area contributed by atoms with Crippen LogP contribution >= 0.6 is 23.1 Å². The van der Waals surface area contributed by atoms with Gasteiger partial charge in [-0.3, -0.25) is 19.3 Å². The van der Waals surface area contributed by atoms with Crippen LogP contribution in [0.5, 0.6) is 0 Å². The third-order valence-electron chi connectivity index (χ3n) is 3.52. The third-order valence-corrected chi connectivity index (χ3v) is 5.52. The largest absolute Gasteiger partial charge is 0.477 e. The number of carbonyl (C=O) groups excluding carboxylic acids is 3. The van der Waals surface area contributed by atoms with Gasteiger partial charge in [-0.25, -0.2) is 9.78 Å². The van der Waals surface area contributed by atoms with E-state index in [0.29, 0.717) is 0 Å². The Morgan fingerprint density at radius 1 is 1.42 bits per heavy atom. The Morgan fingerprint density at radius 2 is 2.12 bits per heavy atom. The fourth-order valence-corrected chi connectivity index (χ4v) is 4.31. The molecule has 11 heteroatoms. The average molecular weight is 368 g/mol. The molecule has 3 rings (SSSR count). The van der Waals surface area contributed by atoms with Crippen LogP contribution in [0.3, 0.4) is 0 Å². The lowest BCUT2D eigenvalue weighted by molar-refractivity contribution is -0.150. The average Bonchev–Trinajstić information content (AvgIpc) is 2.96. The minimum absolute atomic E-state index is 0.0885. The van der Waals surface area contributed by atoms with Gasteiger partial charge in [0, 0.05) is 10.6 Å². The van der Waals surface area contributed by atoms with Crippen molar-refractivity contribution in [2.75, 3.05) is 5.73 Å². The van der Waals surface area contributed by atoms with Gasteiger partial charge in [-0.2, -0.15) is 0 Å². The predicted octanol–water partition coefficient (Wildman–Crippen LogP) is -0.335. The van der Waals surface area contributed by atoms with E-state index in [1.54, 1.807) is 6.92 Å². The first-order valence-electron chi connectivity index (χ1n) is 6.79. The van der Waals surface area contributed by atoms with Crippen LogP contribution in [-0.4, -0.2) is 55.2 Å². The number of rotatable bonds is 4. The molecule has 1 aromatic heterocycles. The van der Waals surface area contributed by atoms with Crippen LogP contribution in [0.25, 0.3) is 0 Å². The zero-order chi connectivity index (χ0) is 17.6. The second kappa shape index (κ2) is 5.91. The molecule has 0 saturated carbocycles. The number of nitrogens with two attached hydrogens (primary N) is 1. The molecular weight excluding hydrogens is 356 g/mol. The van der Waals surface area contributed by atoms with Gasteiger partial charge in [-0.1, -0.05) is 0 Å². The molecule has 2 unspecified atom stereocenters. The number of amides is 2. The molecule has 1 fully saturated rings. The number of nitrogens with zero attached hydrogens (tertiary/aromatic N) is 2. The van der Waals surface area contributed by atoms with Crippen LogP contribution in [-0.2, 0) is 14.4 Å². The second-order valence-electron chi connectivity index (χ2n) is 5.15. The highest BCUT2D eigenvalue weighted by Gasteiger charge is 2.54. The van der Waals surface area contributed by atoms with Crippen LogP contribution in [0.2, 0.25) is 0 Å². The van der Waals surface area contributed by atoms with E-state index >= 15 is 0 Å². The van der Waals surface area contributed by atoms with Crippen LogP contribution in [0.15, 0.2) is 17.2 Å². The first-order valence-corrected chi connectivity index (χ1v) is 8.61. The zero-order valence-electron chi connectivity index (χ0n) is 12.3. The molecule has 1 saturated heterocycles. The Labute approximate surface area is 143 Å². The summed E-state index contributed by atoms with van der Waals surface area (Å²) in [5.41, 5.74) is 5.22. The summed E-state index contributed by atoms with van der Waals surface area (Å²) in [5, 5.41) is 12.3. The minimum atomic E-state index is -1.21. The van der Waals surface area contributed by atoms with Crippen molar-refractivity contribution < 1.29 is 24.3 Å². The summed E-state index contributed by atoms with van der Waals surface area (Å²) < 4.78 is 0. The van der Waals surface area contributed by atoms with Gasteiger partial charge in [0.1, 0.15) is 22.8 Å². The van der Waals surface area contributed by atoms with Crippen LogP contribution in [0.1, 0.15) is 17.4 Å². The summed E-state index contributed by atoms with van der Waals surface area (Å²) >= 11 is 2.35. The van der Waals surface area contributed by atoms with Gasteiger partial charge in [0.05, 0.1) is 0 Å². The normalized spacial score (nSPS) is 25.4. The summed E-state index contributed by atoms with van der Waals surface area (Å²) in [6.07, 6.45) is 1.47. The minimum Gasteiger partial charge on any atom is -0.477 e. The predicted molar refractivity (Wildman–Crippen MR) is 86.2 cm³/mol. The molecule has 2 amide bonds. The summed E-state index contributed by atoms with van der Waals surface area (Å²) in [7, 11) is 0. The van der Waals surface area contributed by atoms with E-state index in [2.05, 4.69) is 10.3 Å². The van der Waals surface area contributed by atoms with Gasteiger partial charge in [-0.15, -0.1) is 23.1 Å². The number of aromatic nitrogens is 1. The van der Waals surface area contributed by atoms with E-state index in [4.69, 9.17) is 5.73 Å². The molecule has 3 heterocycles. The fourth-order valence-electron chi connectivity index (χ4n) is 2.44. The van der Waals surface area contributed by atoms with Crippen molar-refractivity contribution >= 4 is 51.8 Å². The van der Waals surface area contributed by atoms with Crippen LogP contribution in [0, 0.1) is 0 Å². The van der Waals surface area contributed by atoms with E-state index in [0.717, 1.165) is 16.2 Å². The molecule has 9 nitrogen and oxygen atoms in total. The summed E-state index contributed by atoms with van der Waals surface area (Å²) in [6, 6.07) is -0.951. The highest BCUT2D eigenvalue weighted by Crippen LogP contribution is 2.40. The maximum absolute atomic E-state index is 12.2. The van der Waals surface area contributed by atoms with Gasteiger partial charge in [0.25, 0.3) is 17.6 Å². The number of carboxylic acid groups (broad SMARTS) is 1. The molecule has 0 radical (unpaired) electrons. The third kappa shape index (κ3) is 2.65. The number of Topliss-reactive ketones (excluding diaryl/α,β-unsaturated/α-hetero) is 1. The molecule has 4 N–H and O–H groups in total. The molecule has 0 spiro atoms. The van der Waals surface area contributed by atoms with Crippen molar-refractivity contribution in [1.82, 2.24) is 15.2 Å². The Hall–Kier alpha value is -2.40. The molecule has 3 atom stereocenters. The van der Waals surface area contributed by atoms with Crippen LogP contribution in [0.4, 0.5) is 5.13 Å². The Balaban J connectivity index is 1.72. The van der Waals surface area contributed by atoms with E-state index < -0.39 is 35.0 Å². The van der Waals surface area contributed by atoms with Gasteiger partial charge in [0.2, 0.25) is 0 Å². The van der Waals surface area contributed by atoms with Gasteiger partial charge in [0.15, 0.2) is 5.13 Å². The number of fused-ring (bicyclic) bond motifs is 1. The molecule has 0 aliphatic carbocycles. The number of aliphatic carboxylic acids is 1. The van der Waals surface area contributed by atoms with Crippen molar-refractivity contribution in [2.45, 2.75) is 23.6 Å². The molecular formula is C13H12N4O5S2. The number of β-lactam (4-membered cyclic amide) rings is 1. The highest BCUT2D eigenvalue weighted by atomic mass is 32.2. The molecule has 1 aromatic rings. The van der Waals surface area contributed by atoms with Crippen molar-refractivity contribution in [3.05, 3.63) is 22.8 Å². The molecule has 24 heavy (non-hydrogen) atoms. The smallest absolute Gasteiger partial charge is 0.352 e. The summed E-state index contributed by atoms with van der Waals surface area (Å²) in [6.45, 7) is 1.79. The topological polar surface area (TPSA) is 143 Å². The van der Waals surface area contributed by atoms with E-state index in [1.807, 2.05) is 0 Å². The fraction of sp³-hybridized carbons (Fsp3) is 0.308. The molecule has 126 valence electrons. The van der Waals surface area contributed by atoms with Crippen molar-refractivity contribution in [1.29, 1.82) is 0 Å². The van der Waals surface area contributed by atoms with Crippen molar-refractivity contribution in [2.24, 2.45) is 0 Å². The lowest BCUT2D eigenvalue weighted by atomic mass is 10.0. The maximum atomic E-state index is 12.2. The first-order chi connectivity index (χ1) is 11.3. The molecule has 0 aromatic carbocycles. The highest BCUT2D eigenvalue weighted by molar-refractivity contribution is 8.00. The SMILES string of the molecule is CC1C=C(C(=O)O)N2C(=O)C(NC(=O)C(=O)c3csc(N)n3)[C@@H]2S1. The van der Waals surface area contributed by atoms with Crippen molar-refractivity contribution in [3.8, 4) is 0 Å². The van der Waals surface area contributed by atoms with E-state index in [1.165, 1.54) is 23.2 Å². The number of ketones is 1. The Morgan fingerprint density at radius 3 is 2.71 bits per heavy atom. The number of thiazole rings is 1. The number of carbonyl (C=O) groups is 4. The number of hydrogen-bond donors (Lipinski definition) is 3. The molecule has 0 bridgehead atoms.